The Balaban J connectivity index is 1.93. The average molecular weight is 348 g/mol. The summed E-state index contributed by atoms with van der Waals surface area (Å²) < 4.78 is 11.2. The summed E-state index contributed by atoms with van der Waals surface area (Å²) in [6, 6.07) is 6.98. The SMILES string of the molecule is COc1ccc(C(=O)NCC2OC(C)C(NC(C)=O)C(C)C2C)cc1. The lowest BCUT2D eigenvalue weighted by Crippen LogP contribution is -2.57. The summed E-state index contributed by atoms with van der Waals surface area (Å²) in [6.07, 6.45) is -0.185. The molecule has 0 saturated carbocycles. The van der Waals surface area contributed by atoms with E-state index in [1.807, 2.05) is 6.92 Å². The first-order chi connectivity index (χ1) is 11.8. The molecule has 1 saturated heterocycles. The normalized spacial score (nSPS) is 28.9. The van der Waals surface area contributed by atoms with E-state index in [-0.39, 0.29) is 41.9 Å². The van der Waals surface area contributed by atoms with Crippen LogP contribution in [-0.2, 0) is 9.53 Å². The van der Waals surface area contributed by atoms with Gasteiger partial charge in [-0.05, 0) is 43.0 Å². The lowest BCUT2D eigenvalue weighted by molar-refractivity contribution is -0.132. The summed E-state index contributed by atoms with van der Waals surface area (Å²) in [5.41, 5.74) is 0.585. The van der Waals surface area contributed by atoms with Crippen LogP contribution in [-0.4, -0.2) is 43.7 Å². The van der Waals surface area contributed by atoms with Gasteiger partial charge in [0.1, 0.15) is 5.75 Å². The number of hydrogen-bond acceptors (Lipinski definition) is 4. The number of rotatable bonds is 5. The number of hydrogen-bond donors (Lipinski definition) is 2. The minimum absolute atomic E-state index is 0.0129. The van der Waals surface area contributed by atoms with E-state index in [1.54, 1.807) is 31.4 Å². The Kier molecular flexibility index (Phi) is 6.42. The molecule has 2 amide bonds. The summed E-state index contributed by atoms with van der Waals surface area (Å²) in [7, 11) is 1.59. The van der Waals surface area contributed by atoms with Crippen LogP contribution < -0.4 is 15.4 Å². The second-order valence-electron chi connectivity index (χ2n) is 6.76. The maximum absolute atomic E-state index is 12.3. The maximum atomic E-state index is 12.3. The Morgan fingerprint density at radius 1 is 1.12 bits per heavy atom. The van der Waals surface area contributed by atoms with Crippen molar-refractivity contribution in [3.63, 3.8) is 0 Å². The molecule has 0 aromatic heterocycles. The third kappa shape index (κ3) is 4.72. The molecule has 1 aromatic carbocycles. The zero-order chi connectivity index (χ0) is 18.6. The Hall–Kier alpha value is -2.08. The molecule has 6 heteroatoms. The van der Waals surface area contributed by atoms with Gasteiger partial charge >= 0.3 is 0 Å². The van der Waals surface area contributed by atoms with Crippen molar-refractivity contribution < 1.29 is 19.1 Å². The maximum Gasteiger partial charge on any atom is 0.251 e. The summed E-state index contributed by atoms with van der Waals surface area (Å²) in [6.45, 7) is 8.12. The van der Waals surface area contributed by atoms with E-state index in [2.05, 4.69) is 24.5 Å². The van der Waals surface area contributed by atoms with Crippen molar-refractivity contribution in [2.24, 2.45) is 11.8 Å². The highest BCUT2D eigenvalue weighted by Gasteiger charge is 2.39. The number of amides is 2. The second kappa shape index (κ2) is 8.34. The molecule has 138 valence electrons. The summed E-state index contributed by atoms with van der Waals surface area (Å²) in [5.74, 6) is 1.00. The lowest BCUT2D eigenvalue weighted by Gasteiger charge is -2.44. The van der Waals surface area contributed by atoms with Crippen LogP contribution >= 0.6 is 0 Å². The molecule has 1 fully saturated rings. The number of benzene rings is 1. The molecular formula is C19H28N2O4. The molecule has 2 N–H and O–H groups in total. The summed E-state index contributed by atoms with van der Waals surface area (Å²) >= 11 is 0. The van der Waals surface area contributed by atoms with Gasteiger partial charge in [0.05, 0.1) is 25.4 Å². The molecule has 0 radical (unpaired) electrons. The Labute approximate surface area is 149 Å². The van der Waals surface area contributed by atoms with Gasteiger partial charge in [0, 0.05) is 19.0 Å². The Morgan fingerprint density at radius 2 is 1.76 bits per heavy atom. The lowest BCUT2D eigenvalue weighted by atomic mass is 9.80. The van der Waals surface area contributed by atoms with E-state index < -0.39 is 0 Å². The number of carbonyl (C=O) groups is 2. The molecule has 25 heavy (non-hydrogen) atoms. The first-order valence-corrected chi connectivity index (χ1v) is 8.68. The zero-order valence-electron chi connectivity index (χ0n) is 15.5. The molecule has 0 bridgehead atoms. The third-order valence-corrected chi connectivity index (χ3v) is 5.06. The molecule has 5 atom stereocenters. The highest BCUT2D eigenvalue weighted by atomic mass is 16.5. The van der Waals surface area contributed by atoms with E-state index in [0.29, 0.717) is 17.9 Å². The topological polar surface area (TPSA) is 76.7 Å². The van der Waals surface area contributed by atoms with Crippen molar-refractivity contribution in [1.82, 2.24) is 10.6 Å². The van der Waals surface area contributed by atoms with Gasteiger partial charge in [-0.2, -0.15) is 0 Å². The highest BCUT2D eigenvalue weighted by molar-refractivity contribution is 5.94. The monoisotopic (exact) mass is 348 g/mol. The number of carbonyl (C=O) groups excluding carboxylic acids is 2. The Bertz CT molecular complexity index is 602. The molecular weight excluding hydrogens is 320 g/mol. The van der Waals surface area contributed by atoms with E-state index in [0.717, 1.165) is 0 Å². The van der Waals surface area contributed by atoms with Gasteiger partial charge in [-0.3, -0.25) is 9.59 Å². The van der Waals surface area contributed by atoms with Crippen molar-refractivity contribution in [3.8, 4) is 5.75 Å². The standard InChI is InChI=1S/C19H28N2O4/c1-11-12(2)18(21-14(4)22)13(3)25-17(11)10-20-19(23)15-6-8-16(24-5)9-7-15/h6-9,11-13,17-18H,10H2,1-5H3,(H,20,23)(H,21,22). The van der Waals surface area contributed by atoms with Crippen LogP contribution in [0.3, 0.4) is 0 Å². The predicted octanol–water partition coefficient (Wildman–Crippen LogP) is 1.99. The summed E-state index contributed by atoms with van der Waals surface area (Å²) in [5, 5.41) is 5.91. The van der Waals surface area contributed by atoms with Crippen LogP contribution in [0.25, 0.3) is 0 Å². The van der Waals surface area contributed by atoms with E-state index in [9.17, 15) is 9.59 Å². The number of methoxy groups -OCH3 is 1. The highest BCUT2D eigenvalue weighted by Crippen LogP contribution is 2.30. The largest absolute Gasteiger partial charge is 0.497 e. The molecule has 1 aromatic rings. The summed E-state index contributed by atoms with van der Waals surface area (Å²) in [4.78, 5) is 23.7. The van der Waals surface area contributed by atoms with Crippen molar-refractivity contribution in [2.45, 2.75) is 45.9 Å². The van der Waals surface area contributed by atoms with Gasteiger partial charge < -0.3 is 20.1 Å². The number of nitrogens with one attached hydrogen (secondary N) is 2. The van der Waals surface area contributed by atoms with Gasteiger partial charge in [-0.1, -0.05) is 13.8 Å². The fourth-order valence-corrected chi connectivity index (χ4v) is 3.33. The average Bonchev–Trinajstić information content (AvgIpc) is 2.60. The van der Waals surface area contributed by atoms with Crippen molar-refractivity contribution >= 4 is 11.8 Å². The predicted molar refractivity (Wildman–Crippen MR) is 95.6 cm³/mol. The minimum atomic E-state index is -0.136. The quantitative estimate of drug-likeness (QED) is 0.853. The van der Waals surface area contributed by atoms with Gasteiger partial charge in [0.2, 0.25) is 5.91 Å². The van der Waals surface area contributed by atoms with Gasteiger partial charge in [-0.25, -0.2) is 0 Å². The molecule has 1 aliphatic heterocycles. The first kappa shape index (κ1) is 19.2. The molecule has 0 spiro atoms. The van der Waals surface area contributed by atoms with Crippen LogP contribution in [0.15, 0.2) is 24.3 Å². The fraction of sp³-hybridized carbons (Fsp3) is 0.579. The van der Waals surface area contributed by atoms with Crippen molar-refractivity contribution in [2.75, 3.05) is 13.7 Å². The molecule has 0 aliphatic carbocycles. The third-order valence-electron chi connectivity index (χ3n) is 5.06. The molecule has 2 rings (SSSR count). The fourth-order valence-electron chi connectivity index (χ4n) is 3.33. The first-order valence-electron chi connectivity index (χ1n) is 8.68. The molecule has 1 aliphatic rings. The van der Waals surface area contributed by atoms with E-state index in [1.165, 1.54) is 6.92 Å². The van der Waals surface area contributed by atoms with Crippen LogP contribution in [0.1, 0.15) is 38.1 Å². The van der Waals surface area contributed by atoms with Gasteiger partial charge in [-0.15, -0.1) is 0 Å². The van der Waals surface area contributed by atoms with Crippen LogP contribution in [0.4, 0.5) is 0 Å². The van der Waals surface area contributed by atoms with Crippen molar-refractivity contribution in [3.05, 3.63) is 29.8 Å². The molecule has 6 nitrogen and oxygen atoms in total. The Morgan fingerprint density at radius 3 is 2.32 bits per heavy atom. The van der Waals surface area contributed by atoms with Crippen LogP contribution in [0, 0.1) is 11.8 Å². The molecule has 1 heterocycles. The number of ether oxygens (including phenoxy) is 2. The molecule has 5 unspecified atom stereocenters. The van der Waals surface area contributed by atoms with Crippen molar-refractivity contribution in [1.29, 1.82) is 0 Å². The minimum Gasteiger partial charge on any atom is -0.497 e. The zero-order valence-corrected chi connectivity index (χ0v) is 15.5. The smallest absolute Gasteiger partial charge is 0.251 e. The van der Waals surface area contributed by atoms with Crippen LogP contribution in [0.5, 0.6) is 5.75 Å². The second-order valence-corrected chi connectivity index (χ2v) is 6.76. The van der Waals surface area contributed by atoms with Gasteiger partial charge in [0.15, 0.2) is 0 Å². The van der Waals surface area contributed by atoms with E-state index >= 15 is 0 Å². The van der Waals surface area contributed by atoms with Crippen LogP contribution in [0.2, 0.25) is 0 Å². The van der Waals surface area contributed by atoms with E-state index in [4.69, 9.17) is 9.47 Å². The van der Waals surface area contributed by atoms with Gasteiger partial charge in [0.25, 0.3) is 5.91 Å².